The monoisotopic (exact) mass is 368 g/mol. The Bertz CT molecular complexity index is 848. The van der Waals surface area contributed by atoms with Crippen LogP contribution in [0.3, 0.4) is 0 Å². The summed E-state index contributed by atoms with van der Waals surface area (Å²) in [6.45, 7) is 0.881. The van der Waals surface area contributed by atoms with Gasteiger partial charge in [-0.25, -0.2) is 0 Å². The molecule has 1 aliphatic heterocycles. The summed E-state index contributed by atoms with van der Waals surface area (Å²) >= 11 is 0. The number of rotatable bonds is 8. The largest absolute Gasteiger partial charge is 0.494 e. The van der Waals surface area contributed by atoms with Crippen molar-refractivity contribution in [1.82, 2.24) is 4.90 Å². The van der Waals surface area contributed by atoms with Gasteiger partial charge in [-0.05, 0) is 43.0 Å². The Morgan fingerprint density at radius 2 is 1.74 bits per heavy atom. The summed E-state index contributed by atoms with van der Waals surface area (Å²) in [5, 5.41) is 10.6. The number of benzene rings is 2. The maximum Gasteiger partial charge on any atom is 0.269 e. The Morgan fingerprint density at radius 1 is 1.00 bits per heavy atom. The van der Waals surface area contributed by atoms with E-state index >= 15 is 0 Å². The summed E-state index contributed by atoms with van der Waals surface area (Å²) in [6.07, 6.45) is 2.56. The highest BCUT2D eigenvalue weighted by atomic mass is 16.6. The second-order valence-electron chi connectivity index (χ2n) is 6.34. The van der Waals surface area contributed by atoms with E-state index in [-0.39, 0.29) is 23.9 Å². The molecule has 27 heavy (non-hydrogen) atoms. The zero-order chi connectivity index (χ0) is 19.2. The number of hydrogen-bond acceptors (Lipinski definition) is 5. The minimum Gasteiger partial charge on any atom is -0.494 e. The van der Waals surface area contributed by atoms with Crippen molar-refractivity contribution in [3.8, 4) is 5.75 Å². The number of ether oxygens (including phenoxy) is 1. The Morgan fingerprint density at radius 3 is 2.48 bits per heavy atom. The molecular formula is C20H20N2O5. The van der Waals surface area contributed by atoms with Gasteiger partial charge in [0, 0.05) is 24.2 Å². The first-order valence-electron chi connectivity index (χ1n) is 8.86. The molecule has 0 N–H and O–H groups in total. The van der Waals surface area contributed by atoms with Crippen LogP contribution < -0.4 is 4.74 Å². The predicted octanol–water partition coefficient (Wildman–Crippen LogP) is 3.37. The third kappa shape index (κ3) is 4.49. The topological polar surface area (TPSA) is 89.8 Å². The van der Waals surface area contributed by atoms with Crippen molar-refractivity contribution < 1.29 is 19.2 Å². The summed E-state index contributed by atoms with van der Waals surface area (Å²) in [4.78, 5) is 36.1. The summed E-state index contributed by atoms with van der Waals surface area (Å²) in [7, 11) is 0. The van der Waals surface area contributed by atoms with Crippen molar-refractivity contribution in [2.24, 2.45) is 0 Å². The second-order valence-corrected chi connectivity index (χ2v) is 6.34. The van der Waals surface area contributed by atoms with Gasteiger partial charge in [0.25, 0.3) is 11.6 Å². The summed E-state index contributed by atoms with van der Waals surface area (Å²) in [5.41, 5.74) is 1.43. The standard InChI is InChI=1S/C20H20N2O5/c23-19-14-15-6-2-3-7-18(15)20(24)21(19)12-4-1-5-13-27-17-10-8-16(9-11-17)22(25)26/h2-3,6-11H,1,4-5,12-14H2. The van der Waals surface area contributed by atoms with Gasteiger partial charge in [0.2, 0.25) is 5.91 Å². The third-order valence-electron chi connectivity index (χ3n) is 4.48. The molecule has 2 aromatic carbocycles. The number of nitro groups is 1. The lowest BCUT2D eigenvalue weighted by molar-refractivity contribution is -0.384. The summed E-state index contributed by atoms with van der Waals surface area (Å²) in [5.74, 6) is 0.211. The lowest BCUT2D eigenvalue weighted by Crippen LogP contribution is -2.42. The summed E-state index contributed by atoms with van der Waals surface area (Å²) < 4.78 is 5.55. The zero-order valence-corrected chi connectivity index (χ0v) is 14.8. The molecule has 0 spiro atoms. The molecule has 2 aromatic rings. The summed E-state index contributed by atoms with van der Waals surface area (Å²) in [6, 6.07) is 13.2. The number of non-ortho nitro benzene ring substituents is 1. The average Bonchev–Trinajstić information content (AvgIpc) is 2.67. The smallest absolute Gasteiger partial charge is 0.269 e. The Labute approximate surface area is 156 Å². The number of nitrogens with zero attached hydrogens (tertiary/aromatic N) is 2. The fourth-order valence-corrected chi connectivity index (χ4v) is 3.03. The van der Waals surface area contributed by atoms with Crippen LogP contribution in [0.2, 0.25) is 0 Å². The molecule has 1 aliphatic rings. The van der Waals surface area contributed by atoms with E-state index in [0.717, 1.165) is 18.4 Å². The molecule has 7 nitrogen and oxygen atoms in total. The van der Waals surface area contributed by atoms with Crippen molar-refractivity contribution >= 4 is 17.5 Å². The van der Waals surface area contributed by atoms with Gasteiger partial charge in [0.1, 0.15) is 5.75 Å². The van der Waals surface area contributed by atoms with E-state index < -0.39 is 4.92 Å². The van der Waals surface area contributed by atoms with E-state index in [1.165, 1.54) is 17.0 Å². The van der Waals surface area contributed by atoms with Gasteiger partial charge in [-0.3, -0.25) is 24.6 Å². The molecule has 0 fully saturated rings. The van der Waals surface area contributed by atoms with Crippen LogP contribution in [0, 0.1) is 10.1 Å². The number of amides is 2. The van der Waals surface area contributed by atoms with Crippen LogP contribution in [0.4, 0.5) is 5.69 Å². The number of nitro benzene ring substituents is 1. The molecule has 3 rings (SSSR count). The molecule has 0 saturated carbocycles. The molecule has 0 aromatic heterocycles. The van der Waals surface area contributed by atoms with E-state index in [4.69, 9.17) is 4.74 Å². The number of carbonyl (C=O) groups excluding carboxylic acids is 2. The van der Waals surface area contributed by atoms with Crippen LogP contribution in [0.5, 0.6) is 5.75 Å². The Balaban J connectivity index is 1.40. The van der Waals surface area contributed by atoms with Gasteiger partial charge in [-0.1, -0.05) is 18.2 Å². The maximum atomic E-state index is 12.4. The van der Waals surface area contributed by atoms with E-state index in [1.54, 1.807) is 24.3 Å². The van der Waals surface area contributed by atoms with Crippen molar-refractivity contribution in [2.45, 2.75) is 25.7 Å². The molecule has 1 heterocycles. The minimum atomic E-state index is -0.453. The fourth-order valence-electron chi connectivity index (χ4n) is 3.03. The average molecular weight is 368 g/mol. The van der Waals surface area contributed by atoms with Crippen molar-refractivity contribution in [3.05, 3.63) is 69.8 Å². The second kappa shape index (κ2) is 8.44. The first-order chi connectivity index (χ1) is 13.1. The number of unbranched alkanes of at least 4 members (excludes halogenated alkanes) is 2. The predicted molar refractivity (Wildman–Crippen MR) is 98.6 cm³/mol. The van der Waals surface area contributed by atoms with Gasteiger partial charge < -0.3 is 4.74 Å². The van der Waals surface area contributed by atoms with E-state index in [2.05, 4.69) is 0 Å². The maximum absolute atomic E-state index is 12.4. The fraction of sp³-hybridized carbons (Fsp3) is 0.300. The molecule has 0 aliphatic carbocycles. The Kier molecular flexibility index (Phi) is 5.80. The molecule has 0 saturated heterocycles. The van der Waals surface area contributed by atoms with Crippen molar-refractivity contribution in [1.29, 1.82) is 0 Å². The van der Waals surface area contributed by atoms with Crippen molar-refractivity contribution in [3.63, 3.8) is 0 Å². The highest BCUT2D eigenvalue weighted by Crippen LogP contribution is 2.20. The van der Waals surface area contributed by atoms with E-state index in [9.17, 15) is 19.7 Å². The highest BCUT2D eigenvalue weighted by Gasteiger charge is 2.29. The van der Waals surface area contributed by atoms with E-state index in [1.807, 2.05) is 12.1 Å². The molecule has 0 radical (unpaired) electrons. The Hall–Kier alpha value is -3.22. The van der Waals surface area contributed by atoms with Gasteiger partial charge >= 0.3 is 0 Å². The first kappa shape index (κ1) is 18.6. The molecular weight excluding hydrogens is 348 g/mol. The van der Waals surface area contributed by atoms with Gasteiger partial charge in [-0.15, -0.1) is 0 Å². The van der Waals surface area contributed by atoms with Crippen LogP contribution >= 0.6 is 0 Å². The van der Waals surface area contributed by atoms with Crippen LogP contribution in [0.25, 0.3) is 0 Å². The quantitative estimate of drug-likeness (QED) is 0.308. The lowest BCUT2D eigenvalue weighted by Gasteiger charge is -2.26. The number of fused-ring (bicyclic) bond motifs is 1. The molecule has 2 amide bonds. The molecule has 140 valence electrons. The first-order valence-corrected chi connectivity index (χ1v) is 8.86. The van der Waals surface area contributed by atoms with Gasteiger partial charge in [0.15, 0.2) is 0 Å². The van der Waals surface area contributed by atoms with Crippen LogP contribution in [0.1, 0.15) is 35.2 Å². The van der Waals surface area contributed by atoms with Crippen molar-refractivity contribution in [2.75, 3.05) is 13.2 Å². The normalized spacial score (nSPS) is 13.4. The number of hydrogen-bond donors (Lipinski definition) is 0. The highest BCUT2D eigenvalue weighted by molar-refractivity contribution is 6.09. The van der Waals surface area contributed by atoms with Gasteiger partial charge in [-0.2, -0.15) is 0 Å². The third-order valence-corrected chi connectivity index (χ3v) is 4.48. The number of carbonyl (C=O) groups is 2. The molecule has 0 bridgehead atoms. The molecule has 0 unspecified atom stereocenters. The van der Waals surface area contributed by atoms with Crippen LogP contribution in [-0.4, -0.2) is 34.8 Å². The number of imide groups is 1. The lowest BCUT2D eigenvalue weighted by atomic mass is 9.98. The minimum absolute atomic E-state index is 0.0276. The van der Waals surface area contributed by atoms with Gasteiger partial charge in [0.05, 0.1) is 18.0 Å². The molecule has 0 atom stereocenters. The van der Waals surface area contributed by atoms with Crippen LogP contribution in [-0.2, 0) is 11.2 Å². The zero-order valence-electron chi connectivity index (χ0n) is 14.8. The van der Waals surface area contributed by atoms with E-state index in [0.29, 0.717) is 30.9 Å². The SMILES string of the molecule is O=C1Cc2ccccc2C(=O)N1CCCCCOc1ccc([N+](=O)[O-])cc1. The molecule has 7 heteroatoms. The van der Waals surface area contributed by atoms with Crippen LogP contribution in [0.15, 0.2) is 48.5 Å².